The molecule has 0 bridgehead atoms. The first-order chi connectivity index (χ1) is 17.1. The van der Waals surface area contributed by atoms with Gasteiger partial charge in [-0.05, 0) is 42.8 Å². The van der Waals surface area contributed by atoms with Gasteiger partial charge < -0.3 is 9.47 Å². The molecule has 1 heterocycles. The van der Waals surface area contributed by atoms with E-state index in [-0.39, 0.29) is 34.3 Å². The highest BCUT2D eigenvalue weighted by Crippen LogP contribution is 2.35. The van der Waals surface area contributed by atoms with Gasteiger partial charge in [0.1, 0.15) is 5.75 Å². The van der Waals surface area contributed by atoms with Crippen molar-refractivity contribution >= 4 is 35.0 Å². The van der Waals surface area contributed by atoms with E-state index in [1.807, 2.05) is 0 Å². The van der Waals surface area contributed by atoms with Crippen LogP contribution in [-0.4, -0.2) is 26.6 Å². The standard InChI is InChI=1S/C23H14N4O9/c1-13-5-6-15(11-19(13)26(31)32)22-24-18(23(28)36-22)10-14-3-2-4-17(9-14)35-21-8-7-16(25(29)30)12-20(21)27(33)34/h2-12H,1H3/b18-10+. The molecule has 0 spiro atoms. The van der Waals surface area contributed by atoms with E-state index in [4.69, 9.17) is 9.47 Å². The van der Waals surface area contributed by atoms with Crippen molar-refractivity contribution < 1.29 is 29.0 Å². The zero-order chi connectivity index (χ0) is 26.0. The van der Waals surface area contributed by atoms with E-state index in [0.29, 0.717) is 11.1 Å². The number of hydrogen-bond donors (Lipinski definition) is 0. The van der Waals surface area contributed by atoms with Crippen molar-refractivity contribution in [2.75, 3.05) is 0 Å². The van der Waals surface area contributed by atoms with Crippen LogP contribution in [0.3, 0.4) is 0 Å². The van der Waals surface area contributed by atoms with Crippen molar-refractivity contribution in [3.8, 4) is 11.5 Å². The minimum Gasteiger partial charge on any atom is -0.450 e. The molecular formula is C23H14N4O9. The van der Waals surface area contributed by atoms with Gasteiger partial charge in [0.15, 0.2) is 5.70 Å². The normalized spacial score (nSPS) is 13.8. The van der Waals surface area contributed by atoms with E-state index >= 15 is 0 Å². The van der Waals surface area contributed by atoms with E-state index in [1.165, 1.54) is 30.3 Å². The van der Waals surface area contributed by atoms with E-state index in [1.54, 1.807) is 25.1 Å². The number of ether oxygens (including phenoxy) is 2. The minimum absolute atomic E-state index is 0.0771. The number of nitrogens with zero attached hydrogens (tertiary/aromatic N) is 4. The van der Waals surface area contributed by atoms with Crippen LogP contribution in [0.5, 0.6) is 11.5 Å². The number of benzene rings is 3. The Kier molecular flexibility index (Phi) is 6.20. The Balaban J connectivity index is 1.62. The quantitative estimate of drug-likeness (QED) is 0.194. The molecule has 0 unspecified atom stereocenters. The molecule has 13 heteroatoms. The lowest BCUT2D eigenvalue weighted by atomic mass is 10.1. The summed E-state index contributed by atoms with van der Waals surface area (Å²) in [6.07, 6.45) is 1.38. The molecule has 180 valence electrons. The van der Waals surface area contributed by atoms with E-state index in [2.05, 4.69) is 4.99 Å². The second-order valence-corrected chi connectivity index (χ2v) is 7.44. The molecule has 0 amide bonds. The third-order valence-electron chi connectivity index (χ3n) is 5.01. The topological polar surface area (TPSA) is 177 Å². The molecule has 0 atom stereocenters. The van der Waals surface area contributed by atoms with Gasteiger partial charge in [-0.2, -0.15) is 0 Å². The Hall–Kier alpha value is -5.46. The van der Waals surface area contributed by atoms with Crippen molar-refractivity contribution in [1.29, 1.82) is 0 Å². The smallest absolute Gasteiger partial charge is 0.363 e. The van der Waals surface area contributed by atoms with Gasteiger partial charge in [0, 0.05) is 23.3 Å². The van der Waals surface area contributed by atoms with Crippen LogP contribution in [0.4, 0.5) is 17.1 Å². The third kappa shape index (κ3) is 4.89. The molecule has 1 aliphatic rings. The van der Waals surface area contributed by atoms with E-state index in [0.717, 1.165) is 18.2 Å². The second kappa shape index (κ2) is 9.42. The van der Waals surface area contributed by atoms with Crippen LogP contribution in [-0.2, 0) is 9.53 Å². The number of non-ortho nitro benzene ring substituents is 1. The summed E-state index contributed by atoms with van der Waals surface area (Å²) >= 11 is 0. The fourth-order valence-corrected chi connectivity index (χ4v) is 3.27. The van der Waals surface area contributed by atoms with Gasteiger partial charge in [-0.1, -0.05) is 18.2 Å². The number of esters is 1. The maximum Gasteiger partial charge on any atom is 0.363 e. The Morgan fingerprint density at radius 3 is 2.33 bits per heavy atom. The summed E-state index contributed by atoms with van der Waals surface area (Å²) in [5.74, 6) is -0.920. The molecule has 0 radical (unpaired) electrons. The van der Waals surface area contributed by atoms with Gasteiger partial charge in [-0.25, -0.2) is 9.79 Å². The van der Waals surface area contributed by atoms with Gasteiger partial charge in [-0.15, -0.1) is 0 Å². The van der Waals surface area contributed by atoms with Crippen LogP contribution >= 0.6 is 0 Å². The van der Waals surface area contributed by atoms with Crippen LogP contribution in [0, 0.1) is 37.3 Å². The highest BCUT2D eigenvalue weighted by atomic mass is 16.6. The van der Waals surface area contributed by atoms with Gasteiger partial charge in [0.2, 0.25) is 11.6 Å². The molecule has 0 fully saturated rings. The lowest BCUT2D eigenvalue weighted by Crippen LogP contribution is -2.06. The summed E-state index contributed by atoms with van der Waals surface area (Å²) in [5, 5.41) is 33.4. The molecule has 0 N–H and O–H groups in total. The molecule has 3 aromatic rings. The summed E-state index contributed by atoms with van der Waals surface area (Å²) in [7, 11) is 0. The van der Waals surface area contributed by atoms with Crippen molar-refractivity contribution in [2.45, 2.75) is 6.92 Å². The lowest BCUT2D eigenvalue weighted by molar-refractivity contribution is -0.394. The van der Waals surface area contributed by atoms with E-state index < -0.39 is 32.1 Å². The van der Waals surface area contributed by atoms with Crippen LogP contribution < -0.4 is 4.74 Å². The number of aliphatic imine (C=N–C) groups is 1. The fourth-order valence-electron chi connectivity index (χ4n) is 3.27. The molecule has 4 rings (SSSR count). The van der Waals surface area contributed by atoms with Crippen LogP contribution in [0.15, 0.2) is 71.4 Å². The SMILES string of the molecule is Cc1ccc(C2=N/C(=C/c3cccc(Oc4ccc([N+](=O)[O-])cc4[N+](=O)[O-])c3)C(=O)O2)cc1[N+](=O)[O-]. The predicted molar refractivity (Wildman–Crippen MR) is 125 cm³/mol. The highest BCUT2D eigenvalue weighted by Gasteiger charge is 2.26. The summed E-state index contributed by atoms with van der Waals surface area (Å²) in [6.45, 7) is 1.58. The molecule has 36 heavy (non-hydrogen) atoms. The minimum atomic E-state index is -0.797. The lowest BCUT2D eigenvalue weighted by Gasteiger charge is -2.07. The molecule has 1 aliphatic heterocycles. The highest BCUT2D eigenvalue weighted by molar-refractivity contribution is 6.13. The van der Waals surface area contributed by atoms with Crippen molar-refractivity contribution in [3.63, 3.8) is 0 Å². The number of carbonyl (C=O) groups excluding carboxylic acids is 1. The maximum absolute atomic E-state index is 12.3. The van der Waals surface area contributed by atoms with Gasteiger partial charge in [0.05, 0.1) is 20.8 Å². The van der Waals surface area contributed by atoms with E-state index in [9.17, 15) is 35.1 Å². The molecule has 0 aromatic heterocycles. The molecule has 0 aliphatic carbocycles. The van der Waals surface area contributed by atoms with Crippen molar-refractivity contribution in [3.05, 3.63) is 113 Å². The average Bonchev–Trinajstić information content (AvgIpc) is 3.19. The predicted octanol–water partition coefficient (Wildman–Crippen LogP) is 4.86. The van der Waals surface area contributed by atoms with Crippen LogP contribution in [0.2, 0.25) is 0 Å². The largest absolute Gasteiger partial charge is 0.450 e. The first-order valence-corrected chi connectivity index (χ1v) is 10.1. The van der Waals surface area contributed by atoms with Crippen LogP contribution in [0.25, 0.3) is 6.08 Å². The number of rotatable bonds is 7. The molecule has 0 saturated heterocycles. The number of aryl methyl sites for hydroxylation is 1. The Bertz CT molecular complexity index is 1510. The zero-order valence-corrected chi connectivity index (χ0v) is 18.3. The Labute approximate surface area is 201 Å². The third-order valence-corrected chi connectivity index (χ3v) is 5.01. The van der Waals surface area contributed by atoms with Crippen molar-refractivity contribution in [1.82, 2.24) is 0 Å². The molecule has 0 saturated carbocycles. The summed E-state index contributed by atoms with van der Waals surface area (Å²) in [6, 6.07) is 13.5. The van der Waals surface area contributed by atoms with Gasteiger partial charge >= 0.3 is 11.7 Å². The van der Waals surface area contributed by atoms with Gasteiger partial charge in [-0.3, -0.25) is 30.3 Å². The average molecular weight is 490 g/mol. The molecule has 13 nitrogen and oxygen atoms in total. The maximum atomic E-state index is 12.3. The number of nitro groups is 3. The van der Waals surface area contributed by atoms with Gasteiger partial charge in [0.25, 0.3) is 11.4 Å². The molecular weight excluding hydrogens is 476 g/mol. The zero-order valence-electron chi connectivity index (χ0n) is 18.3. The Morgan fingerprint density at radius 2 is 1.64 bits per heavy atom. The summed E-state index contributed by atoms with van der Waals surface area (Å²) in [5.41, 5.74) is -0.140. The number of nitro benzene ring substituents is 3. The Morgan fingerprint density at radius 1 is 0.889 bits per heavy atom. The number of cyclic esters (lactones) is 1. The second-order valence-electron chi connectivity index (χ2n) is 7.44. The molecule has 3 aromatic carbocycles. The first kappa shape index (κ1) is 23.7. The number of carbonyl (C=O) groups is 1. The fraction of sp³-hybridized carbons (Fsp3) is 0.0435. The summed E-state index contributed by atoms with van der Waals surface area (Å²) in [4.78, 5) is 47.8. The number of hydrogen-bond acceptors (Lipinski definition) is 10. The van der Waals surface area contributed by atoms with Crippen molar-refractivity contribution in [2.24, 2.45) is 4.99 Å². The first-order valence-electron chi connectivity index (χ1n) is 10.1. The monoisotopic (exact) mass is 490 g/mol. The summed E-state index contributed by atoms with van der Waals surface area (Å²) < 4.78 is 10.7. The van der Waals surface area contributed by atoms with Crippen LogP contribution in [0.1, 0.15) is 16.7 Å².